The van der Waals surface area contributed by atoms with Crippen LogP contribution in [0.5, 0.6) is 0 Å². The Labute approximate surface area is 271 Å². The summed E-state index contributed by atoms with van der Waals surface area (Å²) in [7, 11) is 0. The Bertz CT molecular complexity index is 948. The van der Waals surface area contributed by atoms with Gasteiger partial charge in [-0.2, -0.15) is 0 Å². The minimum Gasteiger partial charge on any atom is -0.463 e. The minimum atomic E-state index is -0.575. The molecule has 0 radical (unpaired) electrons. The van der Waals surface area contributed by atoms with Gasteiger partial charge in [-0.1, -0.05) is 40.5 Å². The molecule has 0 bridgehead atoms. The quantitative estimate of drug-likeness (QED) is 0.187. The van der Waals surface area contributed by atoms with Gasteiger partial charge in [0.05, 0.1) is 37.3 Å². The first-order valence-electron chi connectivity index (χ1n) is 18.0. The summed E-state index contributed by atoms with van der Waals surface area (Å²) in [6.07, 6.45) is 9.21. The summed E-state index contributed by atoms with van der Waals surface area (Å²) in [6.45, 7) is 13.5. The van der Waals surface area contributed by atoms with Crippen molar-refractivity contribution in [2.45, 2.75) is 136 Å². The van der Waals surface area contributed by atoms with E-state index in [9.17, 15) is 19.5 Å². The summed E-state index contributed by atoms with van der Waals surface area (Å²) >= 11 is 0. The van der Waals surface area contributed by atoms with Crippen LogP contribution in [0, 0.1) is 41.4 Å². The molecule has 1 saturated heterocycles. The van der Waals surface area contributed by atoms with Crippen molar-refractivity contribution in [1.29, 1.82) is 0 Å². The summed E-state index contributed by atoms with van der Waals surface area (Å²) in [6, 6.07) is 0. The molecule has 45 heavy (non-hydrogen) atoms. The monoisotopic (exact) mass is 634 g/mol. The van der Waals surface area contributed by atoms with Crippen LogP contribution in [-0.2, 0) is 23.9 Å². The average molecular weight is 635 g/mol. The number of carbonyl (C=O) groups excluding carboxylic acids is 3. The van der Waals surface area contributed by atoms with Crippen molar-refractivity contribution in [2.75, 3.05) is 26.3 Å². The number of aliphatic hydroxyl groups is 1. The normalized spacial score (nSPS) is 39.2. The van der Waals surface area contributed by atoms with E-state index < -0.39 is 12.1 Å². The second-order valence-corrected chi connectivity index (χ2v) is 15.1. The molecule has 258 valence electrons. The van der Waals surface area contributed by atoms with Crippen LogP contribution >= 0.6 is 0 Å². The molecule has 4 fully saturated rings. The number of hydrogen-bond acceptors (Lipinski definition) is 9. The number of ether oxygens (including phenoxy) is 2. The Morgan fingerprint density at radius 1 is 0.778 bits per heavy atom. The Morgan fingerprint density at radius 2 is 1.31 bits per heavy atom. The van der Waals surface area contributed by atoms with Crippen LogP contribution in [0.25, 0.3) is 0 Å². The van der Waals surface area contributed by atoms with Gasteiger partial charge in [-0.25, -0.2) is 0 Å². The van der Waals surface area contributed by atoms with Crippen molar-refractivity contribution < 1.29 is 29.0 Å². The van der Waals surface area contributed by atoms with Crippen LogP contribution in [0.1, 0.15) is 106 Å². The molecule has 10 nitrogen and oxygen atoms in total. The number of nitrogens with one attached hydrogen (secondary N) is 3. The first kappa shape index (κ1) is 36.2. The smallest absolute Gasteiger partial charge is 0.313 e. The SMILES string of the molecule is CCN(CCOC(=O)CC(C)=O)C(=O)COC1CCC(C2NC(C3CCC(C)CC3C)NC(C3CCC(C)CC3C)N2)C(O)C1. The molecule has 0 aromatic heterocycles. The minimum absolute atomic E-state index is 0.0261. The molecule has 0 spiro atoms. The number of carbonyl (C=O) groups is 3. The molecule has 0 aromatic carbocycles. The summed E-state index contributed by atoms with van der Waals surface area (Å²) < 4.78 is 11.1. The van der Waals surface area contributed by atoms with Crippen LogP contribution < -0.4 is 16.0 Å². The lowest BCUT2D eigenvalue weighted by Crippen LogP contribution is -2.74. The van der Waals surface area contributed by atoms with E-state index in [4.69, 9.17) is 9.47 Å². The zero-order valence-corrected chi connectivity index (χ0v) is 28.8. The van der Waals surface area contributed by atoms with E-state index in [1.54, 1.807) is 4.90 Å². The van der Waals surface area contributed by atoms with E-state index in [1.165, 1.54) is 45.4 Å². The summed E-state index contributed by atoms with van der Waals surface area (Å²) in [5.41, 5.74) is 0. The van der Waals surface area contributed by atoms with E-state index in [-0.39, 0.29) is 68.4 Å². The highest BCUT2D eigenvalue weighted by Crippen LogP contribution is 2.40. The van der Waals surface area contributed by atoms with E-state index >= 15 is 0 Å². The number of ketones is 1. The zero-order chi connectivity index (χ0) is 32.7. The van der Waals surface area contributed by atoms with Crippen molar-refractivity contribution in [3.05, 3.63) is 0 Å². The molecule has 1 heterocycles. The molecule has 3 aliphatic carbocycles. The summed E-state index contributed by atoms with van der Waals surface area (Å²) in [5.74, 6) is 3.11. The Hall–Kier alpha value is -1.59. The first-order chi connectivity index (χ1) is 21.4. The van der Waals surface area contributed by atoms with Crippen LogP contribution in [0.4, 0.5) is 0 Å². The van der Waals surface area contributed by atoms with Gasteiger partial charge in [0.25, 0.3) is 0 Å². The molecule has 11 unspecified atom stereocenters. The predicted molar refractivity (Wildman–Crippen MR) is 174 cm³/mol. The number of Topliss-reactive ketones (excluding diaryl/α,β-unsaturated/α-hetero) is 1. The number of aliphatic hydroxyl groups excluding tert-OH is 1. The number of esters is 1. The third-order valence-electron chi connectivity index (χ3n) is 11.4. The largest absolute Gasteiger partial charge is 0.463 e. The molecule has 1 amide bonds. The first-order valence-corrected chi connectivity index (χ1v) is 18.0. The van der Waals surface area contributed by atoms with Crippen LogP contribution in [0.2, 0.25) is 0 Å². The predicted octanol–water partition coefficient (Wildman–Crippen LogP) is 3.81. The lowest BCUT2D eigenvalue weighted by Gasteiger charge is -2.52. The third kappa shape index (κ3) is 10.2. The maximum Gasteiger partial charge on any atom is 0.313 e. The van der Waals surface area contributed by atoms with Crippen molar-refractivity contribution in [3.63, 3.8) is 0 Å². The Kier molecular flexibility index (Phi) is 13.7. The fraction of sp³-hybridized carbons (Fsp3) is 0.914. The molecule has 11 atom stereocenters. The molecule has 4 N–H and O–H groups in total. The standard InChI is InChI=1S/C35H62N4O6/c1-7-39(14-15-44-32(43)18-25(6)40)31(42)20-45-26-10-13-29(30(41)19-26)35-37-33(27-11-8-21(2)16-23(27)4)36-34(38-35)28-12-9-22(3)17-24(28)5/h21-24,26-30,33-38,41H,7-20H2,1-6H3. The Morgan fingerprint density at radius 3 is 1.80 bits per heavy atom. The number of hydrogen-bond donors (Lipinski definition) is 4. The zero-order valence-electron chi connectivity index (χ0n) is 28.8. The number of amides is 1. The fourth-order valence-corrected chi connectivity index (χ4v) is 8.77. The molecular formula is C35H62N4O6. The fourth-order valence-electron chi connectivity index (χ4n) is 8.77. The van der Waals surface area contributed by atoms with Gasteiger partial charge < -0.3 is 19.5 Å². The lowest BCUT2D eigenvalue weighted by molar-refractivity contribution is -0.149. The van der Waals surface area contributed by atoms with E-state index in [0.29, 0.717) is 36.6 Å². The maximum atomic E-state index is 12.8. The highest BCUT2D eigenvalue weighted by atomic mass is 16.5. The van der Waals surface area contributed by atoms with E-state index in [2.05, 4.69) is 43.6 Å². The average Bonchev–Trinajstić information content (AvgIpc) is 2.97. The molecule has 3 saturated carbocycles. The molecule has 1 aliphatic heterocycles. The highest BCUT2D eigenvalue weighted by molar-refractivity contribution is 5.94. The number of rotatable bonds is 12. The maximum absolute atomic E-state index is 12.8. The van der Waals surface area contributed by atoms with Gasteiger partial charge in [0.15, 0.2) is 0 Å². The van der Waals surface area contributed by atoms with Gasteiger partial charge in [0, 0.05) is 12.5 Å². The van der Waals surface area contributed by atoms with Crippen molar-refractivity contribution >= 4 is 17.7 Å². The number of nitrogens with zero attached hydrogens (tertiary/aromatic N) is 1. The highest BCUT2D eigenvalue weighted by Gasteiger charge is 2.45. The van der Waals surface area contributed by atoms with Gasteiger partial charge >= 0.3 is 5.97 Å². The third-order valence-corrected chi connectivity index (χ3v) is 11.4. The van der Waals surface area contributed by atoms with Gasteiger partial charge in [-0.05, 0) is 94.3 Å². The van der Waals surface area contributed by atoms with Crippen molar-refractivity contribution in [1.82, 2.24) is 20.9 Å². The van der Waals surface area contributed by atoms with Crippen LogP contribution in [0.15, 0.2) is 0 Å². The topological polar surface area (TPSA) is 129 Å². The van der Waals surface area contributed by atoms with E-state index in [1.807, 2.05) is 6.92 Å². The second-order valence-electron chi connectivity index (χ2n) is 15.1. The lowest BCUT2D eigenvalue weighted by atomic mass is 9.71. The van der Waals surface area contributed by atoms with Crippen LogP contribution in [0.3, 0.4) is 0 Å². The van der Waals surface area contributed by atoms with Gasteiger partial charge in [-0.15, -0.1) is 0 Å². The molecule has 4 aliphatic rings. The molecule has 4 rings (SSSR count). The van der Waals surface area contributed by atoms with Gasteiger partial charge in [0.1, 0.15) is 25.4 Å². The molecule has 0 aromatic rings. The van der Waals surface area contributed by atoms with Gasteiger partial charge in [0.2, 0.25) is 5.91 Å². The van der Waals surface area contributed by atoms with Crippen molar-refractivity contribution in [3.8, 4) is 0 Å². The van der Waals surface area contributed by atoms with E-state index in [0.717, 1.165) is 24.7 Å². The Balaban J connectivity index is 1.31. The number of likely N-dealkylation sites (N-methyl/N-ethyl adjacent to an activating group) is 1. The summed E-state index contributed by atoms with van der Waals surface area (Å²) in [5, 5.41) is 23.4. The second kappa shape index (κ2) is 17.0. The van der Waals surface area contributed by atoms with Crippen LogP contribution in [-0.4, -0.2) is 84.7 Å². The summed E-state index contributed by atoms with van der Waals surface area (Å²) in [4.78, 5) is 37.2. The molecular weight excluding hydrogens is 572 g/mol. The van der Waals surface area contributed by atoms with Crippen molar-refractivity contribution in [2.24, 2.45) is 41.4 Å². The van der Waals surface area contributed by atoms with Gasteiger partial charge in [-0.3, -0.25) is 30.3 Å². The molecule has 10 heteroatoms.